The maximum Gasteiger partial charge on any atom is 0.0537 e. The lowest BCUT2D eigenvalue weighted by molar-refractivity contribution is 0.548. The molecule has 0 radical (unpaired) electrons. The highest BCUT2D eigenvalue weighted by Crippen LogP contribution is 2.11. The molecule has 5 nitrogen and oxygen atoms in total. The van der Waals surface area contributed by atoms with Crippen LogP contribution in [0.25, 0.3) is 0 Å². The van der Waals surface area contributed by atoms with Crippen molar-refractivity contribution in [2.75, 3.05) is 0 Å². The van der Waals surface area contributed by atoms with E-state index in [0.717, 1.165) is 6.54 Å². The van der Waals surface area contributed by atoms with Crippen LogP contribution in [0.2, 0.25) is 0 Å². The van der Waals surface area contributed by atoms with Gasteiger partial charge in [-0.1, -0.05) is 0 Å². The lowest BCUT2D eigenvalue weighted by atomic mass is 10.2. The van der Waals surface area contributed by atoms with E-state index in [9.17, 15) is 0 Å². The number of nitrogens with one attached hydrogen (secondary N) is 1. The molecular weight excluding hydrogens is 202 g/mol. The molecule has 0 saturated carbocycles. The SMILES string of the molecule is CC(NCc1ccnn1C)c1cnn(C)c1. The molecule has 86 valence electrons. The monoisotopic (exact) mass is 219 g/mol. The second-order valence-electron chi connectivity index (χ2n) is 4.00. The zero-order chi connectivity index (χ0) is 11.5. The Hall–Kier alpha value is -1.62. The molecule has 2 heterocycles. The van der Waals surface area contributed by atoms with Crippen LogP contribution < -0.4 is 5.32 Å². The van der Waals surface area contributed by atoms with Crippen molar-refractivity contribution in [1.82, 2.24) is 24.9 Å². The van der Waals surface area contributed by atoms with Gasteiger partial charge in [-0.15, -0.1) is 0 Å². The summed E-state index contributed by atoms with van der Waals surface area (Å²) in [5, 5.41) is 11.7. The maximum atomic E-state index is 4.16. The Morgan fingerprint density at radius 3 is 2.75 bits per heavy atom. The van der Waals surface area contributed by atoms with Gasteiger partial charge < -0.3 is 5.32 Å². The van der Waals surface area contributed by atoms with Gasteiger partial charge in [0.2, 0.25) is 0 Å². The topological polar surface area (TPSA) is 47.7 Å². The number of hydrogen-bond acceptors (Lipinski definition) is 3. The van der Waals surface area contributed by atoms with Crippen LogP contribution in [0.15, 0.2) is 24.7 Å². The van der Waals surface area contributed by atoms with E-state index >= 15 is 0 Å². The van der Waals surface area contributed by atoms with Crippen molar-refractivity contribution in [1.29, 1.82) is 0 Å². The normalized spacial score (nSPS) is 12.9. The fourth-order valence-electron chi connectivity index (χ4n) is 1.61. The summed E-state index contributed by atoms with van der Waals surface area (Å²) in [6.07, 6.45) is 5.73. The van der Waals surface area contributed by atoms with E-state index in [2.05, 4.69) is 22.4 Å². The van der Waals surface area contributed by atoms with Gasteiger partial charge in [0.25, 0.3) is 0 Å². The molecule has 0 aliphatic heterocycles. The minimum absolute atomic E-state index is 0.295. The third kappa shape index (κ3) is 2.30. The first-order chi connectivity index (χ1) is 7.66. The van der Waals surface area contributed by atoms with Crippen molar-refractivity contribution in [2.24, 2.45) is 14.1 Å². The molecule has 0 bridgehead atoms. The van der Waals surface area contributed by atoms with Crippen molar-refractivity contribution < 1.29 is 0 Å². The number of hydrogen-bond donors (Lipinski definition) is 1. The number of aryl methyl sites for hydroxylation is 2. The summed E-state index contributed by atoms with van der Waals surface area (Å²) < 4.78 is 3.69. The molecule has 0 saturated heterocycles. The summed E-state index contributed by atoms with van der Waals surface area (Å²) in [4.78, 5) is 0. The zero-order valence-electron chi connectivity index (χ0n) is 9.88. The van der Waals surface area contributed by atoms with E-state index in [4.69, 9.17) is 0 Å². The number of aromatic nitrogens is 4. The quantitative estimate of drug-likeness (QED) is 0.834. The third-order valence-electron chi connectivity index (χ3n) is 2.74. The first-order valence-corrected chi connectivity index (χ1v) is 5.35. The minimum Gasteiger partial charge on any atom is -0.304 e. The molecular formula is C11H17N5. The van der Waals surface area contributed by atoms with E-state index in [-0.39, 0.29) is 0 Å². The third-order valence-corrected chi connectivity index (χ3v) is 2.74. The predicted molar refractivity (Wildman–Crippen MR) is 61.7 cm³/mol. The summed E-state index contributed by atoms with van der Waals surface area (Å²) >= 11 is 0. The summed E-state index contributed by atoms with van der Waals surface area (Å²) in [6.45, 7) is 2.94. The molecule has 0 amide bonds. The largest absolute Gasteiger partial charge is 0.304 e. The Kier molecular flexibility index (Phi) is 3.05. The highest BCUT2D eigenvalue weighted by Gasteiger charge is 2.07. The van der Waals surface area contributed by atoms with Crippen LogP contribution in [0.1, 0.15) is 24.2 Å². The molecule has 0 spiro atoms. The van der Waals surface area contributed by atoms with Crippen LogP contribution in [0.4, 0.5) is 0 Å². The Morgan fingerprint density at radius 2 is 2.19 bits per heavy atom. The predicted octanol–water partition coefficient (Wildman–Crippen LogP) is 1.00. The molecule has 1 unspecified atom stereocenters. The summed E-state index contributed by atoms with van der Waals surface area (Å²) in [5.74, 6) is 0. The average Bonchev–Trinajstić information content (AvgIpc) is 2.84. The Labute approximate surface area is 95.1 Å². The molecule has 0 aromatic carbocycles. The molecule has 1 N–H and O–H groups in total. The Bertz CT molecular complexity index is 456. The van der Waals surface area contributed by atoms with E-state index in [1.54, 1.807) is 0 Å². The van der Waals surface area contributed by atoms with Crippen LogP contribution >= 0.6 is 0 Å². The lowest BCUT2D eigenvalue weighted by Crippen LogP contribution is -2.19. The highest BCUT2D eigenvalue weighted by molar-refractivity contribution is 5.09. The van der Waals surface area contributed by atoms with Gasteiger partial charge in [-0.3, -0.25) is 9.36 Å². The summed E-state index contributed by atoms with van der Waals surface area (Å²) in [5.41, 5.74) is 2.38. The first-order valence-electron chi connectivity index (χ1n) is 5.35. The average molecular weight is 219 g/mol. The van der Waals surface area contributed by atoms with Gasteiger partial charge >= 0.3 is 0 Å². The standard InChI is InChI=1S/C11H17N5/c1-9(10-6-14-15(2)8-10)12-7-11-4-5-13-16(11)3/h4-6,8-9,12H,7H2,1-3H3. The van der Waals surface area contributed by atoms with Crippen LogP contribution in [0.3, 0.4) is 0 Å². The molecule has 2 aromatic rings. The maximum absolute atomic E-state index is 4.16. The van der Waals surface area contributed by atoms with Gasteiger partial charge in [0.1, 0.15) is 0 Å². The van der Waals surface area contributed by atoms with Crippen LogP contribution in [-0.4, -0.2) is 19.6 Å². The Balaban J connectivity index is 1.93. The molecule has 0 aliphatic rings. The Morgan fingerprint density at radius 1 is 1.38 bits per heavy atom. The fraction of sp³-hybridized carbons (Fsp3) is 0.455. The van der Waals surface area contributed by atoms with E-state index in [1.807, 2.05) is 48.1 Å². The van der Waals surface area contributed by atoms with Crippen molar-refractivity contribution in [3.05, 3.63) is 35.9 Å². The second kappa shape index (κ2) is 4.49. The molecule has 5 heteroatoms. The molecule has 1 atom stereocenters. The van der Waals surface area contributed by atoms with Gasteiger partial charge in [-0.25, -0.2) is 0 Å². The van der Waals surface area contributed by atoms with Crippen molar-refractivity contribution in [3.63, 3.8) is 0 Å². The summed E-state index contributed by atoms with van der Waals surface area (Å²) in [6, 6.07) is 2.31. The molecule has 0 aliphatic carbocycles. The van der Waals surface area contributed by atoms with Crippen molar-refractivity contribution in [3.8, 4) is 0 Å². The van der Waals surface area contributed by atoms with Crippen LogP contribution in [-0.2, 0) is 20.6 Å². The minimum atomic E-state index is 0.295. The van der Waals surface area contributed by atoms with E-state index in [1.165, 1.54) is 11.3 Å². The molecule has 2 rings (SSSR count). The number of nitrogens with zero attached hydrogens (tertiary/aromatic N) is 4. The van der Waals surface area contributed by atoms with Crippen molar-refractivity contribution >= 4 is 0 Å². The van der Waals surface area contributed by atoms with Gasteiger partial charge in [-0.05, 0) is 13.0 Å². The zero-order valence-corrected chi connectivity index (χ0v) is 9.88. The van der Waals surface area contributed by atoms with Crippen molar-refractivity contribution in [2.45, 2.75) is 19.5 Å². The molecule has 0 fully saturated rings. The van der Waals surface area contributed by atoms with Gasteiger partial charge in [-0.2, -0.15) is 10.2 Å². The summed E-state index contributed by atoms with van der Waals surface area (Å²) in [7, 11) is 3.88. The second-order valence-corrected chi connectivity index (χ2v) is 4.00. The smallest absolute Gasteiger partial charge is 0.0537 e. The van der Waals surface area contributed by atoms with Gasteiger partial charge in [0, 0.05) is 44.6 Å². The van der Waals surface area contributed by atoms with E-state index < -0.39 is 0 Å². The number of rotatable bonds is 4. The van der Waals surface area contributed by atoms with E-state index in [0.29, 0.717) is 6.04 Å². The lowest BCUT2D eigenvalue weighted by Gasteiger charge is -2.11. The molecule has 2 aromatic heterocycles. The van der Waals surface area contributed by atoms with Crippen LogP contribution in [0, 0.1) is 0 Å². The van der Waals surface area contributed by atoms with Gasteiger partial charge in [0.05, 0.1) is 11.9 Å². The van der Waals surface area contributed by atoms with Gasteiger partial charge in [0.15, 0.2) is 0 Å². The fourth-order valence-corrected chi connectivity index (χ4v) is 1.61. The highest BCUT2D eigenvalue weighted by atomic mass is 15.3. The molecule has 16 heavy (non-hydrogen) atoms. The first kappa shape index (κ1) is 10.9. The van der Waals surface area contributed by atoms with Crippen LogP contribution in [0.5, 0.6) is 0 Å².